The number of nitrogens with zero attached hydrogens (tertiary/aromatic N) is 6. The van der Waals surface area contributed by atoms with Crippen LogP contribution in [0.5, 0.6) is 0 Å². The van der Waals surface area contributed by atoms with Gasteiger partial charge in [-0.05, 0) is 31.3 Å². The Morgan fingerprint density at radius 1 is 1.26 bits per heavy atom. The topological polar surface area (TPSA) is 126 Å². The van der Waals surface area contributed by atoms with Gasteiger partial charge in [-0.1, -0.05) is 20.8 Å². The predicted molar refractivity (Wildman–Crippen MR) is 128 cm³/mol. The van der Waals surface area contributed by atoms with Crippen LogP contribution in [-0.2, 0) is 13.8 Å². The Morgan fingerprint density at radius 2 is 1.97 bits per heavy atom. The third-order valence-electron chi connectivity index (χ3n) is 7.12. The quantitative estimate of drug-likeness (QED) is 0.401. The fraction of sp³-hybridized carbons (Fsp3) is 0.727. The Kier molecular flexibility index (Phi) is 7.13. The first-order chi connectivity index (χ1) is 16.1. The van der Waals surface area contributed by atoms with Crippen LogP contribution < -0.4 is 9.58 Å². The summed E-state index contributed by atoms with van der Waals surface area (Å²) < 4.78 is 28.7. The molecule has 2 aromatic heterocycles. The lowest BCUT2D eigenvalue weighted by Crippen LogP contribution is -2.45. The number of rotatable bonds is 9. The van der Waals surface area contributed by atoms with E-state index in [4.69, 9.17) is 9.26 Å². The van der Waals surface area contributed by atoms with Gasteiger partial charge >= 0.3 is 0 Å². The highest BCUT2D eigenvalue weighted by Gasteiger charge is 2.49. The van der Waals surface area contributed by atoms with Gasteiger partial charge in [0.2, 0.25) is 23.2 Å². The first-order valence-corrected chi connectivity index (χ1v) is 13.3. The predicted octanol–water partition coefficient (Wildman–Crippen LogP) is 2.21. The zero-order valence-corrected chi connectivity index (χ0v) is 21.7. The van der Waals surface area contributed by atoms with E-state index in [9.17, 15) is 14.8 Å². The Labute approximate surface area is 200 Å². The zero-order chi connectivity index (χ0) is 24.8. The Hall–Kier alpha value is -1.91. The molecule has 0 radical (unpaired) electrons. The molecule has 0 amide bonds. The summed E-state index contributed by atoms with van der Waals surface area (Å²) in [6.45, 7) is 9.75. The maximum Gasteiger partial charge on any atom is 0.264 e. The van der Waals surface area contributed by atoms with Crippen LogP contribution in [0, 0.1) is 0 Å². The largest absolute Gasteiger partial charge is 0.387 e. The molecule has 188 valence electrons. The molecule has 2 aliphatic heterocycles. The van der Waals surface area contributed by atoms with Crippen LogP contribution in [0.4, 0.5) is 5.82 Å². The fourth-order valence-electron chi connectivity index (χ4n) is 4.74. The average Bonchev–Trinajstić information content (AvgIpc) is 3.32. The third kappa shape index (κ3) is 4.28. The standard InChI is InChI=1S/C22H36N6O5P/c1-7-14(8-2)34(31)33-22(5,9-3)10-15-17(29)18(30)21(32-15)28-12-27-13(4)25-26(6)19-16(27)20(28)24-11-23-19/h11-12,14-15,17-18,21,29-30,34H,7-10H2,1-6H3/q+1/t15-,17-,18-,21?,22?/m1/s1. The third-order valence-corrected chi connectivity index (χ3v) is 9.29. The molecule has 1 fully saturated rings. The molecule has 2 N–H and O–H groups in total. The number of aliphatic hydroxyl groups is 2. The number of aliphatic hydroxyl groups excluding tert-OH is 2. The Morgan fingerprint density at radius 3 is 2.62 bits per heavy atom. The first-order valence-electron chi connectivity index (χ1n) is 11.9. The number of imidazole rings is 1. The maximum absolute atomic E-state index is 12.8. The first kappa shape index (κ1) is 25.2. The monoisotopic (exact) mass is 495 g/mol. The van der Waals surface area contributed by atoms with Crippen molar-refractivity contribution >= 4 is 30.8 Å². The molecule has 6 atom stereocenters. The number of hydrazone groups is 1. The molecule has 4 rings (SSSR count). The van der Waals surface area contributed by atoms with Crippen molar-refractivity contribution in [3.8, 4) is 0 Å². The van der Waals surface area contributed by atoms with Crippen molar-refractivity contribution in [3.63, 3.8) is 0 Å². The van der Waals surface area contributed by atoms with Crippen molar-refractivity contribution in [1.29, 1.82) is 0 Å². The van der Waals surface area contributed by atoms with Crippen molar-refractivity contribution in [2.24, 2.45) is 5.10 Å². The van der Waals surface area contributed by atoms with Crippen molar-refractivity contribution in [1.82, 2.24) is 14.5 Å². The summed E-state index contributed by atoms with van der Waals surface area (Å²) in [4.78, 5) is 8.76. The van der Waals surface area contributed by atoms with Crippen LogP contribution in [0.25, 0.3) is 11.2 Å². The lowest BCUT2D eigenvalue weighted by atomic mass is 9.93. The Balaban J connectivity index is 1.60. The molecule has 0 bridgehead atoms. The van der Waals surface area contributed by atoms with Gasteiger partial charge in [0, 0.05) is 26.1 Å². The SMILES string of the molecule is CCC(CC)[PH](=O)OC(C)(CC)C[C@H]1OC(n2c[n+]3c4c(ncnc42)N(C)N=C3C)[C@H](O)[C@@H]1O. The van der Waals surface area contributed by atoms with Crippen LogP contribution in [0.15, 0.2) is 17.8 Å². The van der Waals surface area contributed by atoms with E-state index in [1.165, 1.54) is 6.33 Å². The minimum Gasteiger partial charge on any atom is -0.387 e. The molecule has 1 saturated heterocycles. The van der Waals surface area contributed by atoms with Gasteiger partial charge in [-0.3, -0.25) is 4.57 Å². The average molecular weight is 496 g/mol. The highest BCUT2D eigenvalue weighted by Crippen LogP contribution is 2.44. The van der Waals surface area contributed by atoms with Gasteiger partial charge in [-0.15, -0.1) is 0 Å². The molecule has 0 aliphatic carbocycles. The molecule has 2 aliphatic rings. The summed E-state index contributed by atoms with van der Waals surface area (Å²) in [5.41, 5.74) is 0.589. The summed E-state index contributed by atoms with van der Waals surface area (Å²) in [7, 11) is -0.454. The van der Waals surface area contributed by atoms with Crippen LogP contribution in [0.2, 0.25) is 0 Å². The number of aromatic nitrogens is 4. The number of hydrogen-bond donors (Lipinski definition) is 2. The van der Waals surface area contributed by atoms with E-state index in [0.717, 1.165) is 24.2 Å². The van der Waals surface area contributed by atoms with E-state index in [1.54, 1.807) is 15.9 Å². The van der Waals surface area contributed by atoms with Gasteiger partial charge in [0.25, 0.3) is 5.84 Å². The molecule has 34 heavy (non-hydrogen) atoms. The van der Waals surface area contributed by atoms with Crippen LogP contribution in [0.3, 0.4) is 0 Å². The van der Waals surface area contributed by atoms with Gasteiger partial charge in [0.05, 0.1) is 11.7 Å². The Bertz CT molecular complexity index is 1100. The summed E-state index contributed by atoms with van der Waals surface area (Å²) in [5.74, 6) is 1.36. The summed E-state index contributed by atoms with van der Waals surface area (Å²) >= 11 is 0. The lowest BCUT2D eigenvalue weighted by molar-refractivity contribution is -0.529. The summed E-state index contributed by atoms with van der Waals surface area (Å²) in [5, 5.41) is 28.0. The minimum absolute atomic E-state index is 0.0247. The second kappa shape index (κ2) is 9.62. The van der Waals surface area contributed by atoms with Gasteiger partial charge in [-0.25, -0.2) is 14.5 Å². The van der Waals surface area contributed by atoms with E-state index in [-0.39, 0.29) is 5.66 Å². The van der Waals surface area contributed by atoms with Crippen LogP contribution in [0.1, 0.15) is 66.5 Å². The molecule has 4 heterocycles. The van der Waals surface area contributed by atoms with E-state index < -0.39 is 38.2 Å². The van der Waals surface area contributed by atoms with Gasteiger partial charge in [0.15, 0.2) is 14.4 Å². The smallest absolute Gasteiger partial charge is 0.264 e. The van der Waals surface area contributed by atoms with Crippen LogP contribution in [-0.4, -0.2) is 67.2 Å². The van der Waals surface area contributed by atoms with Crippen molar-refractivity contribution in [2.75, 3.05) is 12.1 Å². The lowest BCUT2D eigenvalue weighted by Gasteiger charge is -2.32. The molecule has 0 saturated carbocycles. The molecular formula is C22H36N6O5P+. The maximum atomic E-state index is 12.8. The zero-order valence-electron chi connectivity index (χ0n) is 20.7. The van der Waals surface area contributed by atoms with E-state index in [1.807, 2.05) is 46.2 Å². The summed E-state index contributed by atoms with van der Waals surface area (Å²) in [6, 6.07) is 0. The molecular weight excluding hydrogens is 459 g/mol. The highest BCUT2D eigenvalue weighted by molar-refractivity contribution is 7.40. The van der Waals surface area contributed by atoms with Crippen molar-refractivity contribution in [3.05, 3.63) is 12.7 Å². The molecule has 11 nitrogen and oxygen atoms in total. The van der Waals surface area contributed by atoms with Crippen molar-refractivity contribution in [2.45, 2.75) is 96.1 Å². The van der Waals surface area contributed by atoms with Gasteiger partial charge in [-0.2, -0.15) is 9.58 Å². The second-order valence-electron chi connectivity index (χ2n) is 9.42. The second-order valence-corrected chi connectivity index (χ2v) is 11.1. The molecule has 0 spiro atoms. The highest BCUT2D eigenvalue weighted by atomic mass is 31.1. The fourth-order valence-corrected chi connectivity index (χ4v) is 6.29. The number of ether oxygens (including phenoxy) is 1. The molecule has 0 aromatic carbocycles. The number of hydrogen-bond acceptors (Lipinski definition) is 9. The van der Waals surface area contributed by atoms with E-state index >= 15 is 0 Å². The number of anilines is 1. The normalized spacial score (nSPS) is 27.3. The molecule has 2 aromatic rings. The van der Waals surface area contributed by atoms with Gasteiger partial charge in [0.1, 0.15) is 18.5 Å². The van der Waals surface area contributed by atoms with Crippen LogP contribution >= 0.6 is 8.03 Å². The van der Waals surface area contributed by atoms with E-state index in [2.05, 4.69) is 15.1 Å². The minimum atomic E-state index is -2.27. The van der Waals surface area contributed by atoms with Crippen molar-refractivity contribution < 1.29 is 28.6 Å². The molecule has 12 heteroatoms. The summed E-state index contributed by atoms with van der Waals surface area (Å²) in [6.07, 6.45) is 1.82. The van der Waals surface area contributed by atoms with Gasteiger partial charge < -0.3 is 19.5 Å². The molecule has 3 unspecified atom stereocenters. The van der Waals surface area contributed by atoms with E-state index in [0.29, 0.717) is 24.3 Å².